The van der Waals surface area contributed by atoms with Crippen LogP contribution in [0, 0.1) is 11.2 Å². The van der Waals surface area contributed by atoms with E-state index in [1.165, 1.54) is 59.1 Å². The molecular formula is C30H39FN6O5. The first kappa shape index (κ1) is 32.0. The molecule has 0 aliphatic rings. The molecule has 0 saturated carbocycles. The SMILES string of the molecule is CN(C)C(=O)/C=C/CC[C@H](OC(=O)N(C)C)C(=O)Nc1nccn(Cc2cc3cc(F)cc(CC(C)(C)C)c3[nH]2)c1=O. The number of amides is 3. The lowest BCUT2D eigenvalue weighted by Crippen LogP contribution is -2.38. The number of ether oxygens (including phenoxy) is 1. The monoisotopic (exact) mass is 582 g/mol. The number of likely N-dealkylation sites (N-methyl/N-ethyl adjacent to an activating group) is 1. The molecule has 0 spiro atoms. The van der Waals surface area contributed by atoms with Gasteiger partial charge in [-0.05, 0) is 54.5 Å². The molecule has 2 aromatic heterocycles. The minimum Gasteiger partial charge on any atom is -0.436 e. The van der Waals surface area contributed by atoms with Crippen molar-refractivity contribution in [1.29, 1.82) is 0 Å². The molecule has 3 amide bonds. The average Bonchev–Trinajstić information content (AvgIpc) is 3.29. The van der Waals surface area contributed by atoms with E-state index in [0.29, 0.717) is 17.5 Å². The Kier molecular flexibility index (Phi) is 10.3. The van der Waals surface area contributed by atoms with Crippen molar-refractivity contribution >= 4 is 34.6 Å². The van der Waals surface area contributed by atoms with E-state index >= 15 is 0 Å². The molecule has 0 unspecified atom stereocenters. The average molecular weight is 583 g/mol. The standard InChI is InChI=1S/C30H39FN6O5/c1-30(2,3)17-20-15-21(31)14-19-16-22(33-25(19)20)18-37-13-12-32-26(28(37)40)34-27(39)23(42-29(41)36(6)7)10-8-9-11-24(38)35(4)5/h9,11-16,23,33H,8,10,17-18H2,1-7H3,(H,32,34,39)/b11-9+/t23-/m0/s1. The van der Waals surface area contributed by atoms with Gasteiger partial charge in [-0.15, -0.1) is 0 Å². The molecule has 11 nitrogen and oxygen atoms in total. The van der Waals surface area contributed by atoms with Crippen molar-refractivity contribution in [3.63, 3.8) is 0 Å². The molecule has 1 atom stereocenters. The second-order valence-electron chi connectivity index (χ2n) is 11.7. The number of halogens is 1. The summed E-state index contributed by atoms with van der Waals surface area (Å²) in [6.45, 7) is 6.36. The van der Waals surface area contributed by atoms with Crippen LogP contribution in [0.5, 0.6) is 0 Å². The summed E-state index contributed by atoms with van der Waals surface area (Å²) in [5, 5.41) is 3.18. The number of nitrogens with zero attached hydrogens (tertiary/aromatic N) is 4. The lowest BCUT2D eigenvalue weighted by molar-refractivity contribution is -0.125. The van der Waals surface area contributed by atoms with Crippen LogP contribution >= 0.6 is 0 Å². The summed E-state index contributed by atoms with van der Waals surface area (Å²) in [7, 11) is 6.19. The van der Waals surface area contributed by atoms with Gasteiger partial charge in [0.25, 0.3) is 11.5 Å². The Balaban J connectivity index is 1.80. The van der Waals surface area contributed by atoms with Gasteiger partial charge >= 0.3 is 6.09 Å². The second kappa shape index (κ2) is 13.5. The highest BCUT2D eigenvalue weighted by molar-refractivity contribution is 5.94. The van der Waals surface area contributed by atoms with Gasteiger partial charge in [0.05, 0.1) is 6.54 Å². The molecule has 12 heteroatoms. The number of benzene rings is 1. The van der Waals surface area contributed by atoms with E-state index < -0.39 is 23.7 Å². The van der Waals surface area contributed by atoms with Crippen LogP contribution in [0.4, 0.5) is 15.0 Å². The summed E-state index contributed by atoms with van der Waals surface area (Å²) >= 11 is 0. The normalized spacial score (nSPS) is 12.4. The summed E-state index contributed by atoms with van der Waals surface area (Å²) in [6.07, 6.45) is 4.84. The number of H-pyrrole nitrogens is 1. The van der Waals surface area contributed by atoms with Crippen molar-refractivity contribution in [2.45, 2.75) is 52.7 Å². The number of anilines is 1. The first-order valence-corrected chi connectivity index (χ1v) is 13.6. The van der Waals surface area contributed by atoms with Crippen molar-refractivity contribution in [2.75, 3.05) is 33.5 Å². The van der Waals surface area contributed by atoms with E-state index in [1.807, 2.05) is 0 Å². The van der Waals surface area contributed by atoms with E-state index in [4.69, 9.17) is 4.74 Å². The molecule has 0 saturated heterocycles. The van der Waals surface area contributed by atoms with Crippen LogP contribution in [-0.2, 0) is 27.3 Å². The highest BCUT2D eigenvalue weighted by atomic mass is 19.1. The third kappa shape index (κ3) is 8.76. The van der Waals surface area contributed by atoms with E-state index in [9.17, 15) is 23.6 Å². The van der Waals surface area contributed by atoms with Crippen LogP contribution < -0.4 is 10.9 Å². The fourth-order valence-electron chi connectivity index (χ4n) is 4.22. The van der Waals surface area contributed by atoms with Gasteiger partial charge in [0.2, 0.25) is 5.91 Å². The number of fused-ring (bicyclic) bond motifs is 1. The Bertz CT molecular complexity index is 1530. The maximum atomic E-state index is 14.3. The van der Waals surface area contributed by atoms with Crippen LogP contribution in [0.3, 0.4) is 0 Å². The fourth-order valence-corrected chi connectivity index (χ4v) is 4.22. The molecule has 3 rings (SSSR count). The first-order valence-electron chi connectivity index (χ1n) is 13.6. The Morgan fingerprint density at radius 2 is 1.86 bits per heavy atom. The van der Waals surface area contributed by atoms with E-state index in [1.54, 1.807) is 26.2 Å². The number of aromatic nitrogens is 3. The largest absolute Gasteiger partial charge is 0.436 e. The maximum Gasteiger partial charge on any atom is 0.410 e. The second-order valence-corrected chi connectivity index (χ2v) is 11.7. The summed E-state index contributed by atoms with van der Waals surface area (Å²) < 4.78 is 21.0. The number of rotatable bonds is 10. The third-order valence-electron chi connectivity index (χ3n) is 6.24. The molecule has 1 aromatic carbocycles. The van der Waals surface area contributed by atoms with Gasteiger partial charge in [-0.3, -0.25) is 14.4 Å². The van der Waals surface area contributed by atoms with Crippen molar-refractivity contribution in [3.05, 3.63) is 70.2 Å². The topological polar surface area (TPSA) is 130 Å². The lowest BCUT2D eigenvalue weighted by atomic mass is 9.87. The molecule has 0 fully saturated rings. The van der Waals surface area contributed by atoms with E-state index in [-0.39, 0.29) is 42.3 Å². The van der Waals surface area contributed by atoms with Crippen molar-refractivity contribution in [1.82, 2.24) is 24.3 Å². The van der Waals surface area contributed by atoms with Crippen molar-refractivity contribution < 1.29 is 23.5 Å². The smallest absolute Gasteiger partial charge is 0.410 e. The van der Waals surface area contributed by atoms with Gasteiger partial charge in [0, 0.05) is 57.2 Å². The number of carbonyl (C=O) groups is 3. The molecule has 2 N–H and O–H groups in total. The van der Waals surface area contributed by atoms with Crippen LogP contribution in [0.15, 0.2) is 47.5 Å². The van der Waals surface area contributed by atoms with Crippen LogP contribution in [-0.4, -0.2) is 76.5 Å². The number of nitrogens with one attached hydrogen (secondary N) is 2. The van der Waals surface area contributed by atoms with Crippen LogP contribution in [0.25, 0.3) is 10.9 Å². The zero-order valence-corrected chi connectivity index (χ0v) is 25.2. The minimum absolute atomic E-state index is 0.0557. The number of hydrogen-bond acceptors (Lipinski definition) is 6. The molecule has 0 bridgehead atoms. The van der Waals surface area contributed by atoms with Crippen molar-refractivity contribution in [3.8, 4) is 0 Å². The quantitative estimate of drug-likeness (QED) is 0.349. The highest BCUT2D eigenvalue weighted by Gasteiger charge is 2.25. The first-order chi connectivity index (χ1) is 19.6. The van der Waals surface area contributed by atoms with E-state index in [0.717, 1.165) is 11.1 Å². The number of carbonyl (C=O) groups excluding carboxylic acids is 3. The highest BCUT2D eigenvalue weighted by Crippen LogP contribution is 2.28. The van der Waals surface area contributed by atoms with Gasteiger partial charge in [0.1, 0.15) is 5.82 Å². The lowest BCUT2D eigenvalue weighted by Gasteiger charge is -2.19. The molecule has 3 aromatic rings. The maximum absolute atomic E-state index is 14.3. The zero-order valence-electron chi connectivity index (χ0n) is 25.2. The van der Waals surface area contributed by atoms with Gasteiger partial charge in [-0.25, -0.2) is 14.2 Å². The summed E-state index contributed by atoms with van der Waals surface area (Å²) in [5.74, 6) is -1.52. The molecule has 0 aliphatic heterocycles. The molecule has 2 heterocycles. The molecular weight excluding hydrogens is 543 g/mol. The predicted molar refractivity (Wildman–Crippen MR) is 159 cm³/mol. The molecule has 42 heavy (non-hydrogen) atoms. The Labute approximate surface area is 244 Å². The minimum atomic E-state index is -1.24. The van der Waals surface area contributed by atoms with Gasteiger partial charge in [-0.2, -0.15) is 0 Å². The van der Waals surface area contributed by atoms with Gasteiger partial charge in [-0.1, -0.05) is 26.8 Å². The number of allylic oxidation sites excluding steroid dienone is 1. The number of aromatic amines is 1. The Hall–Kier alpha value is -4.48. The van der Waals surface area contributed by atoms with E-state index in [2.05, 4.69) is 36.1 Å². The molecule has 226 valence electrons. The number of hydrogen-bond donors (Lipinski definition) is 2. The zero-order chi connectivity index (χ0) is 31.2. The van der Waals surface area contributed by atoms with Crippen molar-refractivity contribution in [2.24, 2.45) is 5.41 Å². The Morgan fingerprint density at radius 1 is 1.14 bits per heavy atom. The molecule has 0 radical (unpaired) electrons. The summed E-state index contributed by atoms with van der Waals surface area (Å²) in [4.78, 5) is 60.2. The fraction of sp³-hybridized carbons (Fsp3) is 0.433. The summed E-state index contributed by atoms with van der Waals surface area (Å²) in [5.41, 5.74) is 1.70. The third-order valence-corrected chi connectivity index (χ3v) is 6.24. The van der Waals surface area contributed by atoms with Gasteiger partial charge < -0.3 is 29.4 Å². The van der Waals surface area contributed by atoms with Crippen LogP contribution in [0.2, 0.25) is 0 Å². The van der Waals surface area contributed by atoms with Crippen LogP contribution in [0.1, 0.15) is 44.9 Å². The van der Waals surface area contributed by atoms with Gasteiger partial charge in [0.15, 0.2) is 11.9 Å². The Morgan fingerprint density at radius 3 is 2.50 bits per heavy atom. The predicted octanol–water partition coefficient (Wildman–Crippen LogP) is 3.93. The molecule has 0 aliphatic carbocycles. The summed E-state index contributed by atoms with van der Waals surface area (Å²) in [6, 6.07) is 4.76.